The largest absolute Gasteiger partial charge is 0.384 e. The molecule has 0 unspecified atom stereocenters. The van der Waals surface area contributed by atoms with Crippen molar-refractivity contribution >= 4 is 38.4 Å². The predicted molar refractivity (Wildman–Crippen MR) is 162 cm³/mol. The van der Waals surface area contributed by atoms with E-state index in [1.807, 2.05) is 97.9 Å². The van der Waals surface area contributed by atoms with Crippen molar-refractivity contribution in [3.05, 3.63) is 135 Å². The van der Waals surface area contributed by atoms with Crippen LogP contribution in [0.5, 0.6) is 0 Å². The molecule has 4 aromatic carbocycles. The van der Waals surface area contributed by atoms with Crippen LogP contribution in [0.3, 0.4) is 0 Å². The van der Waals surface area contributed by atoms with Crippen LogP contribution in [-0.2, 0) is 5.60 Å². The van der Waals surface area contributed by atoms with Crippen LogP contribution in [-0.4, -0.2) is 35.6 Å². The highest BCUT2D eigenvalue weighted by molar-refractivity contribution is 9.10. The first kappa shape index (κ1) is 28.4. The summed E-state index contributed by atoms with van der Waals surface area (Å²) in [5, 5.41) is 13.9. The molecule has 7 heteroatoms. The van der Waals surface area contributed by atoms with Crippen molar-refractivity contribution in [3.8, 4) is 11.1 Å². The van der Waals surface area contributed by atoms with E-state index in [0.29, 0.717) is 22.8 Å². The van der Waals surface area contributed by atoms with Crippen LogP contribution in [0.15, 0.2) is 102 Å². The van der Waals surface area contributed by atoms with Crippen LogP contribution in [0.2, 0.25) is 5.15 Å². The van der Waals surface area contributed by atoms with Crippen LogP contribution in [0.25, 0.3) is 22.0 Å². The molecule has 1 heterocycles. The lowest BCUT2D eigenvalue weighted by Gasteiger charge is -2.39. The van der Waals surface area contributed by atoms with E-state index in [1.165, 1.54) is 12.1 Å². The number of aromatic nitrogens is 1. The van der Waals surface area contributed by atoms with Gasteiger partial charge >= 0.3 is 0 Å². The van der Waals surface area contributed by atoms with Gasteiger partial charge in [0.2, 0.25) is 0 Å². The van der Waals surface area contributed by atoms with Gasteiger partial charge in [0.15, 0.2) is 0 Å². The Kier molecular flexibility index (Phi) is 8.34. The van der Waals surface area contributed by atoms with E-state index in [4.69, 9.17) is 16.6 Å². The molecule has 0 saturated heterocycles. The van der Waals surface area contributed by atoms with Gasteiger partial charge in [-0.15, -0.1) is 0 Å². The number of rotatable bonds is 8. The van der Waals surface area contributed by atoms with Gasteiger partial charge in [0.1, 0.15) is 22.4 Å². The molecule has 0 aliphatic rings. The third kappa shape index (κ3) is 5.81. The lowest BCUT2D eigenvalue weighted by atomic mass is 9.71. The molecule has 0 aliphatic carbocycles. The average Bonchev–Trinajstić information content (AvgIpc) is 2.92. The van der Waals surface area contributed by atoms with Gasteiger partial charge < -0.3 is 10.0 Å². The summed E-state index contributed by atoms with van der Waals surface area (Å²) in [7, 11) is 3.79. The molecule has 1 aromatic heterocycles. The maximum absolute atomic E-state index is 14.6. The molecule has 0 fully saturated rings. The summed E-state index contributed by atoms with van der Waals surface area (Å²) < 4.78 is 30.1. The first-order valence-electron chi connectivity index (χ1n) is 12.9. The molecule has 0 amide bonds. The summed E-state index contributed by atoms with van der Waals surface area (Å²) in [5.41, 5.74) is 2.35. The second-order valence-corrected chi connectivity index (χ2v) is 11.5. The minimum Gasteiger partial charge on any atom is -0.384 e. The zero-order valence-corrected chi connectivity index (χ0v) is 24.4. The van der Waals surface area contributed by atoms with E-state index in [-0.39, 0.29) is 12.0 Å². The average molecular weight is 622 g/mol. The summed E-state index contributed by atoms with van der Waals surface area (Å²) in [6.45, 7) is 0.466. The van der Waals surface area contributed by atoms with E-state index in [1.54, 1.807) is 0 Å². The van der Waals surface area contributed by atoms with Gasteiger partial charge in [-0.25, -0.2) is 13.8 Å². The third-order valence-corrected chi connectivity index (χ3v) is 7.84. The van der Waals surface area contributed by atoms with Crippen molar-refractivity contribution in [1.82, 2.24) is 9.88 Å². The minimum absolute atomic E-state index is 0.152. The molecule has 0 spiro atoms. The zero-order valence-electron chi connectivity index (χ0n) is 22.1. The van der Waals surface area contributed by atoms with Crippen LogP contribution in [0, 0.1) is 11.6 Å². The van der Waals surface area contributed by atoms with Crippen molar-refractivity contribution in [2.75, 3.05) is 20.6 Å². The quantitative estimate of drug-likeness (QED) is 0.176. The lowest BCUT2D eigenvalue weighted by Crippen LogP contribution is -2.38. The van der Waals surface area contributed by atoms with Crippen molar-refractivity contribution in [3.63, 3.8) is 0 Å². The van der Waals surface area contributed by atoms with Crippen molar-refractivity contribution in [2.24, 2.45) is 0 Å². The van der Waals surface area contributed by atoms with Gasteiger partial charge in [-0.3, -0.25) is 0 Å². The Morgan fingerprint density at radius 2 is 1.52 bits per heavy atom. The highest BCUT2D eigenvalue weighted by Crippen LogP contribution is 2.48. The minimum atomic E-state index is -1.71. The molecule has 40 heavy (non-hydrogen) atoms. The maximum atomic E-state index is 14.6. The Hall–Kier alpha value is -3.16. The van der Waals surface area contributed by atoms with Gasteiger partial charge in [-0.2, -0.15) is 0 Å². The number of nitrogens with zero attached hydrogens (tertiary/aromatic N) is 2. The van der Waals surface area contributed by atoms with Crippen LogP contribution >= 0.6 is 27.5 Å². The van der Waals surface area contributed by atoms with Crippen LogP contribution < -0.4 is 0 Å². The summed E-state index contributed by atoms with van der Waals surface area (Å²) >= 11 is 10.3. The molecular formula is C33H28BrClF2N2O. The van der Waals surface area contributed by atoms with E-state index >= 15 is 0 Å². The monoisotopic (exact) mass is 620 g/mol. The first-order valence-corrected chi connectivity index (χ1v) is 14.1. The SMILES string of the molecule is CN(C)CC[C@](O)(c1cc(F)cc(F)c1)[C@@H](c1ccccc1)c1cc(Br)cc2c(-c3ccccc3)cc(Cl)nc12. The van der Waals surface area contributed by atoms with Gasteiger partial charge in [-0.05, 0) is 78.7 Å². The second kappa shape index (κ2) is 11.8. The Bertz CT molecular complexity index is 1630. The number of benzene rings is 4. The molecule has 0 aliphatic heterocycles. The third-order valence-electron chi connectivity index (χ3n) is 7.19. The van der Waals surface area contributed by atoms with Gasteiger partial charge in [0.25, 0.3) is 0 Å². The summed E-state index contributed by atoms with van der Waals surface area (Å²) in [4.78, 5) is 6.70. The number of pyridine rings is 1. The van der Waals surface area contributed by atoms with Crippen molar-refractivity contribution in [2.45, 2.75) is 17.9 Å². The first-order chi connectivity index (χ1) is 19.2. The normalized spacial score (nSPS) is 13.9. The number of aliphatic hydroxyl groups is 1. The Labute approximate surface area is 246 Å². The summed E-state index contributed by atoms with van der Waals surface area (Å²) in [5.74, 6) is -2.25. The number of fused-ring (bicyclic) bond motifs is 1. The Morgan fingerprint density at radius 1 is 0.900 bits per heavy atom. The van der Waals surface area contributed by atoms with Gasteiger partial charge in [0.05, 0.1) is 5.52 Å². The Balaban J connectivity index is 1.86. The number of hydrogen-bond donors (Lipinski definition) is 1. The molecule has 2 atom stereocenters. The van der Waals surface area contributed by atoms with E-state index in [2.05, 4.69) is 15.9 Å². The van der Waals surface area contributed by atoms with Crippen LogP contribution in [0.1, 0.15) is 29.0 Å². The van der Waals surface area contributed by atoms with Gasteiger partial charge in [-0.1, -0.05) is 88.2 Å². The lowest BCUT2D eigenvalue weighted by molar-refractivity contribution is 0.00424. The smallest absolute Gasteiger partial charge is 0.130 e. The highest BCUT2D eigenvalue weighted by Gasteiger charge is 2.42. The molecule has 0 radical (unpaired) electrons. The molecule has 5 rings (SSSR count). The van der Waals surface area contributed by atoms with Gasteiger partial charge in [0, 0.05) is 28.4 Å². The summed E-state index contributed by atoms with van der Waals surface area (Å²) in [6.07, 6.45) is 0.197. The molecule has 1 N–H and O–H groups in total. The number of halogens is 4. The molecule has 5 aromatic rings. The zero-order chi connectivity index (χ0) is 28.4. The van der Waals surface area contributed by atoms with E-state index < -0.39 is 23.2 Å². The predicted octanol–water partition coefficient (Wildman–Crippen LogP) is 8.57. The summed E-state index contributed by atoms with van der Waals surface area (Å²) in [6, 6.07) is 28.3. The van der Waals surface area contributed by atoms with Crippen molar-refractivity contribution in [1.29, 1.82) is 0 Å². The number of hydrogen-bond acceptors (Lipinski definition) is 3. The molecule has 0 bridgehead atoms. The fraction of sp³-hybridized carbons (Fsp3) is 0.182. The second-order valence-electron chi connectivity index (χ2n) is 10.2. The molecule has 204 valence electrons. The molecular weight excluding hydrogens is 594 g/mol. The maximum Gasteiger partial charge on any atom is 0.130 e. The highest BCUT2D eigenvalue weighted by atomic mass is 79.9. The molecule has 3 nitrogen and oxygen atoms in total. The fourth-order valence-corrected chi connectivity index (χ4v) is 6.04. The Morgan fingerprint density at radius 3 is 2.15 bits per heavy atom. The van der Waals surface area contributed by atoms with Crippen LogP contribution in [0.4, 0.5) is 8.78 Å². The van der Waals surface area contributed by atoms with E-state index in [9.17, 15) is 13.9 Å². The molecule has 0 saturated carbocycles. The fourth-order valence-electron chi connectivity index (χ4n) is 5.37. The standard InChI is InChI=1S/C33H28BrClF2N2O/c1-39(2)14-13-33(40,23-15-25(36)19-26(37)16-23)31(22-11-7-4-8-12-22)29-18-24(34)17-28-27(20-30(35)38-32(28)29)21-9-5-3-6-10-21/h3-12,15-20,31,40H,13-14H2,1-2H3/t31-,33-/m0/s1. The topological polar surface area (TPSA) is 36.4 Å². The van der Waals surface area contributed by atoms with Crippen molar-refractivity contribution < 1.29 is 13.9 Å². The van der Waals surface area contributed by atoms with E-state index in [0.717, 1.165) is 32.6 Å².